The first-order valence-corrected chi connectivity index (χ1v) is 8.90. The van der Waals surface area contributed by atoms with Crippen LogP contribution in [0, 0.1) is 0 Å². The van der Waals surface area contributed by atoms with Gasteiger partial charge in [0.05, 0.1) is 7.11 Å². The van der Waals surface area contributed by atoms with Crippen LogP contribution in [0.2, 0.25) is 5.02 Å². The third-order valence-electron chi connectivity index (χ3n) is 4.03. The van der Waals surface area contributed by atoms with Gasteiger partial charge < -0.3 is 14.8 Å². The lowest BCUT2D eigenvalue weighted by Gasteiger charge is -2.10. The van der Waals surface area contributed by atoms with E-state index < -0.39 is 0 Å². The first kappa shape index (κ1) is 18.3. The van der Waals surface area contributed by atoms with Gasteiger partial charge in [-0.15, -0.1) is 0 Å². The molecule has 3 aromatic carbocycles. The van der Waals surface area contributed by atoms with Crippen LogP contribution in [0.15, 0.2) is 72.8 Å². The summed E-state index contributed by atoms with van der Waals surface area (Å²) in [5.74, 6) is 1.74. The maximum atomic E-state index is 5.90. The molecule has 0 bridgehead atoms. The summed E-state index contributed by atoms with van der Waals surface area (Å²) < 4.78 is 11.1. The van der Waals surface area contributed by atoms with Crippen LogP contribution >= 0.6 is 11.6 Å². The van der Waals surface area contributed by atoms with Gasteiger partial charge in [-0.3, -0.25) is 0 Å². The van der Waals surface area contributed by atoms with Gasteiger partial charge in [0.1, 0.15) is 18.1 Å². The molecule has 26 heavy (non-hydrogen) atoms. The van der Waals surface area contributed by atoms with Crippen LogP contribution in [0.5, 0.6) is 11.5 Å². The van der Waals surface area contributed by atoms with Gasteiger partial charge in [0, 0.05) is 18.1 Å². The van der Waals surface area contributed by atoms with Crippen LogP contribution in [-0.2, 0) is 19.7 Å². The molecule has 0 aliphatic carbocycles. The van der Waals surface area contributed by atoms with Crippen molar-refractivity contribution >= 4 is 11.6 Å². The van der Waals surface area contributed by atoms with E-state index in [-0.39, 0.29) is 0 Å². The Balaban J connectivity index is 1.49. The van der Waals surface area contributed by atoms with Gasteiger partial charge in [-0.05, 0) is 53.1 Å². The first-order chi connectivity index (χ1) is 12.7. The van der Waals surface area contributed by atoms with Gasteiger partial charge in [-0.2, -0.15) is 0 Å². The number of methoxy groups -OCH3 is 1. The highest BCUT2D eigenvalue weighted by atomic mass is 35.5. The third-order valence-corrected chi connectivity index (χ3v) is 4.29. The molecule has 0 unspecified atom stereocenters. The normalized spacial score (nSPS) is 10.5. The van der Waals surface area contributed by atoms with E-state index in [2.05, 4.69) is 29.6 Å². The largest absolute Gasteiger partial charge is 0.497 e. The van der Waals surface area contributed by atoms with Crippen molar-refractivity contribution < 1.29 is 9.47 Å². The molecule has 0 radical (unpaired) electrons. The van der Waals surface area contributed by atoms with Crippen molar-refractivity contribution in [1.29, 1.82) is 0 Å². The topological polar surface area (TPSA) is 30.5 Å². The highest BCUT2D eigenvalue weighted by Crippen LogP contribution is 2.17. The van der Waals surface area contributed by atoms with E-state index in [1.165, 1.54) is 11.1 Å². The van der Waals surface area contributed by atoms with Crippen molar-refractivity contribution in [2.45, 2.75) is 19.7 Å². The molecule has 4 heteroatoms. The number of halogens is 1. The lowest BCUT2D eigenvalue weighted by Crippen LogP contribution is -2.12. The second-order valence-electron chi connectivity index (χ2n) is 6.01. The fourth-order valence-corrected chi connectivity index (χ4v) is 2.71. The summed E-state index contributed by atoms with van der Waals surface area (Å²) in [6.45, 7) is 2.12. The summed E-state index contributed by atoms with van der Waals surface area (Å²) in [5, 5.41) is 4.19. The Morgan fingerprint density at radius 3 is 2.19 bits per heavy atom. The van der Waals surface area contributed by atoms with E-state index >= 15 is 0 Å². The molecule has 134 valence electrons. The van der Waals surface area contributed by atoms with Crippen LogP contribution < -0.4 is 14.8 Å². The zero-order valence-corrected chi connectivity index (χ0v) is 15.5. The fourth-order valence-electron chi connectivity index (χ4n) is 2.59. The molecular weight excluding hydrogens is 346 g/mol. The molecule has 0 aliphatic heterocycles. The molecule has 0 saturated carbocycles. The number of rotatable bonds is 8. The van der Waals surface area contributed by atoms with Crippen LogP contribution in [0.1, 0.15) is 16.7 Å². The lowest BCUT2D eigenvalue weighted by atomic mass is 10.2. The van der Waals surface area contributed by atoms with Gasteiger partial charge in [-0.1, -0.05) is 48.0 Å². The van der Waals surface area contributed by atoms with Crippen molar-refractivity contribution in [1.82, 2.24) is 5.32 Å². The summed E-state index contributed by atoms with van der Waals surface area (Å²) in [5.41, 5.74) is 3.51. The van der Waals surface area contributed by atoms with Gasteiger partial charge in [0.25, 0.3) is 0 Å². The third kappa shape index (κ3) is 5.51. The number of hydrogen-bond acceptors (Lipinski definition) is 3. The number of benzene rings is 3. The average molecular weight is 368 g/mol. The molecule has 0 heterocycles. The molecular formula is C22H22ClNO2. The van der Waals surface area contributed by atoms with E-state index in [0.29, 0.717) is 6.61 Å². The Bertz CT molecular complexity index is 816. The van der Waals surface area contributed by atoms with Crippen molar-refractivity contribution in [2.24, 2.45) is 0 Å². The Kier molecular flexibility index (Phi) is 6.53. The molecule has 0 saturated heterocycles. The van der Waals surface area contributed by atoms with Gasteiger partial charge in [-0.25, -0.2) is 0 Å². The monoisotopic (exact) mass is 367 g/mol. The van der Waals surface area contributed by atoms with Gasteiger partial charge >= 0.3 is 0 Å². The number of ether oxygens (including phenoxy) is 2. The Hall–Kier alpha value is -2.49. The van der Waals surface area contributed by atoms with Gasteiger partial charge in [0.15, 0.2) is 0 Å². The minimum atomic E-state index is 0.528. The molecule has 0 aromatic heterocycles. The average Bonchev–Trinajstić information content (AvgIpc) is 2.68. The molecule has 0 amide bonds. The maximum absolute atomic E-state index is 5.90. The zero-order valence-electron chi connectivity index (χ0n) is 14.7. The molecule has 0 atom stereocenters. The Morgan fingerprint density at radius 2 is 1.46 bits per heavy atom. The Labute approximate surface area is 159 Å². The molecule has 0 spiro atoms. The predicted octanol–water partition coefficient (Wildman–Crippen LogP) is 5.22. The summed E-state index contributed by atoms with van der Waals surface area (Å²) >= 11 is 5.90. The fraction of sp³-hybridized carbons (Fsp3) is 0.182. The molecule has 0 aliphatic rings. The minimum Gasteiger partial charge on any atom is -0.497 e. The highest BCUT2D eigenvalue weighted by Gasteiger charge is 2.00. The SMILES string of the molecule is COc1ccc(CNCc2cccc(OCc3ccc(Cl)cc3)c2)cc1. The second kappa shape index (κ2) is 9.27. The van der Waals surface area contributed by atoms with Crippen molar-refractivity contribution in [2.75, 3.05) is 7.11 Å². The van der Waals surface area contributed by atoms with E-state index in [4.69, 9.17) is 21.1 Å². The maximum Gasteiger partial charge on any atom is 0.120 e. The number of hydrogen-bond donors (Lipinski definition) is 1. The van der Waals surface area contributed by atoms with E-state index in [1.54, 1.807) is 7.11 Å². The molecule has 0 fully saturated rings. The summed E-state index contributed by atoms with van der Waals surface area (Å²) in [7, 11) is 1.68. The first-order valence-electron chi connectivity index (χ1n) is 8.53. The zero-order chi connectivity index (χ0) is 18.2. The second-order valence-corrected chi connectivity index (χ2v) is 6.45. The van der Waals surface area contributed by atoms with Gasteiger partial charge in [0.2, 0.25) is 0 Å². The van der Waals surface area contributed by atoms with Crippen molar-refractivity contribution in [3.63, 3.8) is 0 Å². The predicted molar refractivity (Wildman–Crippen MR) is 106 cm³/mol. The summed E-state index contributed by atoms with van der Waals surface area (Å²) in [4.78, 5) is 0. The Morgan fingerprint density at radius 1 is 0.769 bits per heavy atom. The standard InChI is InChI=1S/C22H22ClNO2/c1-25-21-11-7-17(8-12-21)14-24-15-19-3-2-4-22(13-19)26-16-18-5-9-20(23)10-6-18/h2-13,24H,14-16H2,1H3. The number of nitrogens with one attached hydrogen (secondary N) is 1. The van der Waals surface area contributed by atoms with E-state index in [9.17, 15) is 0 Å². The molecule has 3 aromatic rings. The minimum absolute atomic E-state index is 0.528. The molecule has 1 N–H and O–H groups in total. The highest BCUT2D eigenvalue weighted by molar-refractivity contribution is 6.30. The van der Waals surface area contributed by atoms with Crippen molar-refractivity contribution in [3.8, 4) is 11.5 Å². The van der Waals surface area contributed by atoms with Crippen LogP contribution in [-0.4, -0.2) is 7.11 Å². The van der Waals surface area contributed by atoms with Crippen LogP contribution in [0.25, 0.3) is 0 Å². The van der Waals surface area contributed by atoms with Crippen molar-refractivity contribution in [3.05, 3.63) is 94.5 Å². The lowest BCUT2D eigenvalue weighted by molar-refractivity contribution is 0.306. The molecule has 3 nitrogen and oxygen atoms in total. The van der Waals surface area contributed by atoms with E-state index in [0.717, 1.165) is 35.2 Å². The summed E-state index contributed by atoms with van der Waals surface area (Å²) in [6.07, 6.45) is 0. The van der Waals surface area contributed by atoms with E-state index in [1.807, 2.05) is 48.5 Å². The quantitative estimate of drug-likeness (QED) is 0.592. The smallest absolute Gasteiger partial charge is 0.120 e. The molecule has 3 rings (SSSR count). The van der Waals surface area contributed by atoms with Crippen LogP contribution in [0.4, 0.5) is 0 Å². The van der Waals surface area contributed by atoms with Crippen LogP contribution in [0.3, 0.4) is 0 Å². The summed E-state index contributed by atoms with van der Waals surface area (Å²) in [6, 6.07) is 23.9.